The van der Waals surface area contributed by atoms with Gasteiger partial charge >= 0.3 is 0 Å². The van der Waals surface area contributed by atoms with Crippen molar-refractivity contribution in [2.75, 3.05) is 33.2 Å². The number of rotatable bonds is 6. The molecule has 1 rings (SSSR count). The van der Waals surface area contributed by atoms with Crippen LogP contribution in [0.15, 0.2) is 0 Å². The molecular formula is C11H25N3. The van der Waals surface area contributed by atoms with Crippen molar-refractivity contribution in [1.29, 1.82) is 0 Å². The second kappa shape index (κ2) is 7.21. The van der Waals surface area contributed by atoms with E-state index in [-0.39, 0.29) is 0 Å². The van der Waals surface area contributed by atoms with E-state index in [1.807, 2.05) is 7.05 Å². The molecular weight excluding hydrogens is 174 g/mol. The maximum atomic E-state index is 3.55. The molecule has 1 unspecified atom stereocenters. The Bertz CT molecular complexity index is 132. The molecule has 1 saturated heterocycles. The van der Waals surface area contributed by atoms with Crippen LogP contribution in [-0.4, -0.2) is 39.3 Å². The van der Waals surface area contributed by atoms with Gasteiger partial charge in [-0.1, -0.05) is 0 Å². The first-order chi connectivity index (χ1) is 6.83. The minimum atomic E-state index is 0.635. The largest absolute Gasteiger partial charge is 0.317 e. The zero-order valence-corrected chi connectivity index (χ0v) is 9.60. The van der Waals surface area contributed by atoms with Crippen molar-refractivity contribution in [3.8, 4) is 0 Å². The first-order valence-corrected chi connectivity index (χ1v) is 5.91. The topological polar surface area (TPSA) is 36.1 Å². The SMILES string of the molecule is CNC(C)CCNCC1CCNCC1. The summed E-state index contributed by atoms with van der Waals surface area (Å²) >= 11 is 0. The molecule has 0 aromatic heterocycles. The van der Waals surface area contributed by atoms with E-state index in [9.17, 15) is 0 Å². The summed E-state index contributed by atoms with van der Waals surface area (Å²) in [6, 6.07) is 0.635. The number of hydrogen-bond acceptors (Lipinski definition) is 3. The molecule has 0 saturated carbocycles. The van der Waals surface area contributed by atoms with Crippen LogP contribution in [0.25, 0.3) is 0 Å². The summed E-state index contributed by atoms with van der Waals surface area (Å²) in [5.41, 5.74) is 0. The normalized spacial score (nSPS) is 21.0. The first kappa shape index (κ1) is 12.0. The van der Waals surface area contributed by atoms with Crippen LogP contribution in [0.5, 0.6) is 0 Å². The molecule has 0 bridgehead atoms. The van der Waals surface area contributed by atoms with E-state index in [0.29, 0.717) is 6.04 Å². The van der Waals surface area contributed by atoms with Gasteiger partial charge in [0.2, 0.25) is 0 Å². The monoisotopic (exact) mass is 199 g/mol. The third-order valence-electron chi connectivity index (χ3n) is 3.14. The molecule has 3 N–H and O–H groups in total. The molecule has 1 atom stereocenters. The number of hydrogen-bond donors (Lipinski definition) is 3. The van der Waals surface area contributed by atoms with E-state index in [4.69, 9.17) is 0 Å². The van der Waals surface area contributed by atoms with Gasteiger partial charge in [-0.15, -0.1) is 0 Å². The lowest BCUT2D eigenvalue weighted by Crippen LogP contribution is -2.35. The molecule has 84 valence electrons. The highest BCUT2D eigenvalue weighted by atomic mass is 14.9. The second-order valence-corrected chi connectivity index (χ2v) is 4.38. The van der Waals surface area contributed by atoms with Crippen LogP contribution in [0.4, 0.5) is 0 Å². The molecule has 0 radical (unpaired) electrons. The van der Waals surface area contributed by atoms with Gasteiger partial charge in [0.25, 0.3) is 0 Å². The van der Waals surface area contributed by atoms with Crippen molar-refractivity contribution in [1.82, 2.24) is 16.0 Å². The highest BCUT2D eigenvalue weighted by Crippen LogP contribution is 2.09. The predicted molar refractivity (Wildman–Crippen MR) is 61.6 cm³/mol. The Morgan fingerprint density at radius 1 is 1.36 bits per heavy atom. The smallest absolute Gasteiger partial charge is 0.00478 e. The molecule has 1 fully saturated rings. The summed E-state index contributed by atoms with van der Waals surface area (Å²) in [5, 5.41) is 10.2. The molecule has 3 nitrogen and oxygen atoms in total. The first-order valence-electron chi connectivity index (χ1n) is 5.91. The molecule has 3 heteroatoms. The quantitative estimate of drug-likeness (QED) is 0.548. The van der Waals surface area contributed by atoms with Crippen LogP contribution < -0.4 is 16.0 Å². The Balaban J connectivity index is 1.92. The minimum absolute atomic E-state index is 0.635. The molecule has 1 aliphatic rings. The summed E-state index contributed by atoms with van der Waals surface area (Å²) in [6.45, 7) is 6.99. The summed E-state index contributed by atoms with van der Waals surface area (Å²) in [6.07, 6.45) is 3.91. The van der Waals surface area contributed by atoms with E-state index >= 15 is 0 Å². The molecule has 14 heavy (non-hydrogen) atoms. The Kier molecular flexibility index (Phi) is 6.15. The van der Waals surface area contributed by atoms with Crippen LogP contribution in [-0.2, 0) is 0 Å². The molecule has 0 aromatic rings. The van der Waals surface area contributed by atoms with E-state index < -0.39 is 0 Å². The third kappa shape index (κ3) is 4.94. The highest BCUT2D eigenvalue weighted by Gasteiger charge is 2.11. The zero-order chi connectivity index (χ0) is 10.2. The fourth-order valence-electron chi connectivity index (χ4n) is 1.85. The van der Waals surface area contributed by atoms with E-state index in [1.165, 1.54) is 38.9 Å². The van der Waals surface area contributed by atoms with Gasteiger partial charge in [0, 0.05) is 6.04 Å². The van der Waals surface area contributed by atoms with Crippen molar-refractivity contribution in [2.24, 2.45) is 5.92 Å². The van der Waals surface area contributed by atoms with E-state index in [0.717, 1.165) is 12.5 Å². The van der Waals surface area contributed by atoms with Crippen LogP contribution in [0.2, 0.25) is 0 Å². The van der Waals surface area contributed by atoms with Gasteiger partial charge in [0.1, 0.15) is 0 Å². The fourth-order valence-corrected chi connectivity index (χ4v) is 1.85. The Morgan fingerprint density at radius 2 is 2.07 bits per heavy atom. The summed E-state index contributed by atoms with van der Waals surface area (Å²) in [5.74, 6) is 0.904. The zero-order valence-electron chi connectivity index (χ0n) is 9.60. The highest BCUT2D eigenvalue weighted by molar-refractivity contribution is 4.70. The van der Waals surface area contributed by atoms with Gasteiger partial charge in [-0.05, 0) is 65.3 Å². The average Bonchev–Trinajstić information content (AvgIpc) is 2.25. The van der Waals surface area contributed by atoms with E-state index in [1.54, 1.807) is 0 Å². The van der Waals surface area contributed by atoms with Gasteiger partial charge < -0.3 is 16.0 Å². The van der Waals surface area contributed by atoms with Crippen LogP contribution in [0.3, 0.4) is 0 Å². The lowest BCUT2D eigenvalue weighted by Gasteiger charge is -2.23. The Hall–Kier alpha value is -0.120. The Morgan fingerprint density at radius 3 is 2.71 bits per heavy atom. The number of piperidine rings is 1. The van der Waals surface area contributed by atoms with Crippen LogP contribution in [0.1, 0.15) is 26.2 Å². The van der Waals surface area contributed by atoms with Crippen molar-refractivity contribution < 1.29 is 0 Å². The van der Waals surface area contributed by atoms with Crippen molar-refractivity contribution in [3.63, 3.8) is 0 Å². The van der Waals surface area contributed by atoms with Gasteiger partial charge in [-0.25, -0.2) is 0 Å². The average molecular weight is 199 g/mol. The lowest BCUT2D eigenvalue weighted by molar-refractivity contribution is 0.353. The van der Waals surface area contributed by atoms with E-state index in [2.05, 4.69) is 22.9 Å². The molecule has 1 heterocycles. The molecule has 0 aromatic carbocycles. The van der Waals surface area contributed by atoms with Crippen LogP contribution >= 0.6 is 0 Å². The fraction of sp³-hybridized carbons (Fsp3) is 1.00. The molecule has 0 aliphatic carbocycles. The van der Waals surface area contributed by atoms with Gasteiger partial charge in [0.15, 0.2) is 0 Å². The van der Waals surface area contributed by atoms with Crippen molar-refractivity contribution in [3.05, 3.63) is 0 Å². The van der Waals surface area contributed by atoms with Crippen LogP contribution in [0, 0.1) is 5.92 Å². The molecule has 1 aliphatic heterocycles. The second-order valence-electron chi connectivity index (χ2n) is 4.38. The third-order valence-corrected chi connectivity index (χ3v) is 3.14. The molecule has 0 amide bonds. The number of nitrogens with one attached hydrogen (secondary N) is 3. The lowest BCUT2D eigenvalue weighted by atomic mass is 9.98. The summed E-state index contributed by atoms with van der Waals surface area (Å²) in [4.78, 5) is 0. The van der Waals surface area contributed by atoms with Crippen molar-refractivity contribution in [2.45, 2.75) is 32.2 Å². The Labute approximate surface area is 88.0 Å². The maximum Gasteiger partial charge on any atom is 0.00478 e. The molecule has 0 spiro atoms. The standard InChI is InChI=1S/C11H25N3/c1-10(12-2)3-6-14-9-11-4-7-13-8-5-11/h10-14H,3-9H2,1-2H3. The van der Waals surface area contributed by atoms with Gasteiger partial charge in [-0.3, -0.25) is 0 Å². The maximum absolute atomic E-state index is 3.55. The minimum Gasteiger partial charge on any atom is -0.317 e. The predicted octanol–water partition coefficient (Wildman–Crippen LogP) is 0.574. The summed E-state index contributed by atoms with van der Waals surface area (Å²) < 4.78 is 0. The van der Waals surface area contributed by atoms with Crippen molar-refractivity contribution >= 4 is 0 Å². The summed E-state index contributed by atoms with van der Waals surface area (Å²) in [7, 11) is 2.03. The van der Waals surface area contributed by atoms with Gasteiger partial charge in [0.05, 0.1) is 0 Å². The van der Waals surface area contributed by atoms with Gasteiger partial charge in [-0.2, -0.15) is 0 Å².